The number of anilines is 1. The summed E-state index contributed by atoms with van der Waals surface area (Å²) in [6, 6.07) is 5.63. The summed E-state index contributed by atoms with van der Waals surface area (Å²) >= 11 is 1.21. The third-order valence-electron chi connectivity index (χ3n) is 4.04. The Bertz CT molecular complexity index is 681. The molecule has 0 saturated carbocycles. The van der Waals surface area contributed by atoms with Crippen LogP contribution in [0.3, 0.4) is 0 Å². The standard InChI is InChI=1S/C17H24N4O2S/c1-5-10(2)14(18)16-20-21-17(23-16)24-9-13(22)19-15-11(3)7-6-8-12(15)4/h6-8,10,14H,5,9,18H2,1-4H3,(H,19,22)/t10-,14+/m1/s1. The smallest absolute Gasteiger partial charge is 0.277 e. The van der Waals surface area contributed by atoms with Gasteiger partial charge in [-0.2, -0.15) is 0 Å². The molecule has 2 rings (SSSR count). The van der Waals surface area contributed by atoms with E-state index in [4.69, 9.17) is 10.2 Å². The van der Waals surface area contributed by atoms with Gasteiger partial charge in [0.1, 0.15) is 0 Å². The van der Waals surface area contributed by atoms with Gasteiger partial charge in [0, 0.05) is 5.69 Å². The van der Waals surface area contributed by atoms with Crippen molar-refractivity contribution in [2.45, 2.75) is 45.4 Å². The largest absolute Gasteiger partial charge is 0.414 e. The lowest BCUT2D eigenvalue weighted by Crippen LogP contribution is -2.18. The van der Waals surface area contributed by atoms with Gasteiger partial charge in [-0.1, -0.05) is 50.2 Å². The highest BCUT2D eigenvalue weighted by Gasteiger charge is 2.20. The van der Waals surface area contributed by atoms with Crippen molar-refractivity contribution < 1.29 is 9.21 Å². The molecule has 0 aliphatic heterocycles. The van der Waals surface area contributed by atoms with Crippen LogP contribution in [0, 0.1) is 19.8 Å². The van der Waals surface area contributed by atoms with Gasteiger partial charge in [-0.25, -0.2) is 0 Å². The second-order valence-corrected chi connectivity index (χ2v) is 6.85. The number of amides is 1. The maximum atomic E-state index is 12.1. The number of thioether (sulfide) groups is 1. The van der Waals surface area contributed by atoms with Gasteiger partial charge in [-0.15, -0.1) is 10.2 Å². The molecule has 3 N–H and O–H groups in total. The fourth-order valence-electron chi connectivity index (χ4n) is 2.23. The molecule has 1 heterocycles. The monoisotopic (exact) mass is 348 g/mol. The van der Waals surface area contributed by atoms with Crippen LogP contribution in [0.4, 0.5) is 5.69 Å². The normalized spacial score (nSPS) is 13.5. The maximum Gasteiger partial charge on any atom is 0.277 e. The molecule has 2 atom stereocenters. The molecule has 2 aromatic rings. The molecule has 1 aromatic carbocycles. The van der Waals surface area contributed by atoms with Gasteiger partial charge < -0.3 is 15.5 Å². The first-order valence-corrected chi connectivity index (χ1v) is 8.98. The number of hydrogen-bond donors (Lipinski definition) is 2. The van der Waals surface area contributed by atoms with E-state index in [0.29, 0.717) is 11.1 Å². The van der Waals surface area contributed by atoms with Crippen molar-refractivity contribution in [2.75, 3.05) is 11.1 Å². The van der Waals surface area contributed by atoms with Crippen molar-refractivity contribution in [3.8, 4) is 0 Å². The summed E-state index contributed by atoms with van der Waals surface area (Å²) in [5, 5.41) is 11.2. The molecular weight excluding hydrogens is 324 g/mol. The van der Waals surface area contributed by atoms with Crippen molar-refractivity contribution in [3.63, 3.8) is 0 Å². The topological polar surface area (TPSA) is 94.0 Å². The van der Waals surface area contributed by atoms with Gasteiger partial charge in [-0.3, -0.25) is 4.79 Å². The van der Waals surface area contributed by atoms with Crippen molar-refractivity contribution in [3.05, 3.63) is 35.2 Å². The van der Waals surface area contributed by atoms with Crippen LogP contribution < -0.4 is 11.1 Å². The number of benzene rings is 1. The molecular formula is C17H24N4O2S. The SMILES string of the molecule is CC[C@@H](C)[C@H](N)c1nnc(SCC(=O)Nc2c(C)cccc2C)o1. The highest BCUT2D eigenvalue weighted by molar-refractivity contribution is 7.99. The average molecular weight is 348 g/mol. The summed E-state index contributed by atoms with van der Waals surface area (Å²) in [6.45, 7) is 8.04. The molecule has 130 valence electrons. The molecule has 0 saturated heterocycles. The quantitative estimate of drug-likeness (QED) is 0.744. The number of hydrogen-bond acceptors (Lipinski definition) is 6. The van der Waals surface area contributed by atoms with E-state index in [1.165, 1.54) is 11.8 Å². The van der Waals surface area contributed by atoms with E-state index in [2.05, 4.69) is 22.4 Å². The van der Waals surface area contributed by atoms with Crippen molar-refractivity contribution in [2.24, 2.45) is 11.7 Å². The van der Waals surface area contributed by atoms with Crippen LogP contribution in [0.15, 0.2) is 27.8 Å². The van der Waals surface area contributed by atoms with Crippen LogP contribution in [0.5, 0.6) is 0 Å². The average Bonchev–Trinajstić information content (AvgIpc) is 3.04. The van der Waals surface area contributed by atoms with Crippen LogP contribution >= 0.6 is 11.8 Å². The van der Waals surface area contributed by atoms with Gasteiger partial charge in [-0.05, 0) is 30.9 Å². The third kappa shape index (κ3) is 4.58. The fourth-order valence-corrected chi connectivity index (χ4v) is 2.79. The number of nitrogens with one attached hydrogen (secondary N) is 1. The molecule has 0 spiro atoms. The lowest BCUT2D eigenvalue weighted by Gasteiger charge is -2.13. The zero-order valence-corrected chi connectivity index (χ0v) is 15.3. The number of carbonyl (C=O) groups is 1. The molecule has 24 heavy (non-hydrogen) atoms. The van der Waals surface area contributed by atoms with E-state index in [1.807, 2.05) is 39.0 Å². The second-order valence-electron chi connectivity index (χ2n) is 5.92. The first kappa shape index (κ1) is 18.5. The number of para-hydroxylation sites is 1. The minimum Gasteiger partial charge on any atom is -0.414 e. The molecule has 0 aliphatic rings. The Morgan fingerprint density at radius 1 is 1.33 bits per heavy atom. The molecule has 0 unspecified atom stereocenters. The number of nitrogens with two attached hydrogens (primary N) is 1. The van der Waals surface area contributed by atoms with E-state index in [-0.39, 0.29) is 23.6 Å². The number of carbonyl (C=O) groups excluding carboxylic acids is 1. The number of nitrogens with zero attached hydrogens (tertiary/aromatic N) is 2. The maximum absolute atomic E-state index is 12.1. The van der Waals surface area contributed by atoms with E-state index < -0.39 is 0 Å². The van der Waals surface area contributed by atoms with Crippen molar-refractivity contribution in [1.29, 1.82) is 0 Å². The highest BCUT2D eigenvalue weighted by Crippen LogP contribution is 2.25. The van der Waals surface area contributed by atoms with Crippen LogP contribution in [0.25, 0.3) is 0 Å². The van der Waals surface area contributed by atoms with Gasteiger partial charge >= 0.3 is 0 Å². The first-order valence-electron chi connectivity index (χ1n) is 8.00. The molecule has 1 amide bonds. The zero-order chi connectivity index (χ0) is 17.7. The lowest BCUT2D eigenvalue weighted by atomic mass is 10.0. The lowest BCUT2D eigenvalue weighted by molar-refractivity contribution is -0.113. The Balaban J connectivity index is 1.92. The highest BCUT2D eigenvalue weighted by atomic mass is 32.2. The fraction of sp³-hybridized carbons (Fsp3) is 0.471. The molecule has 6 nitrogen and oxygen atoms in total. The van der Waals surface area contributed by atoms with Crippen LogP contribution in [0.1, 0.15) is 43.3 Å². The number of rotatable bonds is 7. The van der Waals surface area contributed by atoms with Crippen LogP contribution in [-0.2, 0) is 4.79 Å². The molecule has 0 fully saturated rings. The summed E-state index contributed by atoms with van der Waals surface area (Å²) in [6.07, 6.45) is 0.935. The van der Waals surface area contributed by atoms with Gasteiger partial charge in [0.2, 0.25) is 11.8 Å². The summed E-state index contributed by atoms with van der Waals surface area (Å²) in [5.74, 6) is 0.773. The summed E-state index contributed by atoms with van der Waals surface area (Å²) in [4.78, 5) is 12.1. The molecule has 0 radical (unpaired) electrons. The van der Waals surface area contributed by atoms with Crippen molar-refractivity contribution >= 4 is 23.4 Å². The molecule has 7 heteroatoms. The molecule has 1 aromatic heterocycles. The Labute approximate surface area is 146 Å². The first-order chi connectivity index (χ1) is 11.4. The Morgan fingerprint density at radius 3 is 2.62 bits per heavy atom. The van der Waals surface area contributed by atoms with Crippen LogP contribution in [-0.4, -0.2) is 21.9 Å². The van der Waals surface area contributed by atoms with Gasteiger partial charge in [0.15, 0.2) is 0 Å². The minimum atomic E-state index is -0.278. The minimum absolute atomic E-state index is 0.108. The van der Waals surface area contributed by atoms with Crippen molar-refractivity contribution in [1.82, 2.24) is 10.2 Å². The Morgan fingerprint density at radius 2 is 2.00 bits per heavy atom. The van der Waals surface area contributed by atoms with E-state index >= 15 is 0 Å². The summed E-state index contributed by atoms with van der Waals surface area (Å²) < 4.78 is 5.55. The summed E-state index contributed by atoms with van der Waals surface area (Å²) in [5.41, 5.74) is 8.99. The number of aromatic nitrogens is 2. The van der Waals surface area contributed by atoms with E-state index in [0.717, 1.165) is 23.2 Å². The third-order valence-corrected chi connectivity index (χ3v) is 4.85. The molecule has 0 aliphatic carbocycles. The number of aryl methyl sites for hydroxylation is 2. The van der Waals surface area contributed by atoms with Gasteiger partial charge in [0.25, 0.3) is 5.22 Å². The van der Waals surface area contributed by atoms with Gasteiger partial charge in [0.05, 0.1) is 11.8 Å². The van der Waals surface area contributed by atoms with E-state index in [9.17, 15) is 4.79 Å². The Kier molecular flexibility index (Phi) is 6.39. The second kappa shape index (κ2) is 8.30. The van der Waals surface area contributed by atoms with Crippen LogP contribution in [0.2, 0.25) is 0 Å². The Hall–Kier alpha value is -1.86. The summed E-state index contributed by atoms with van der Waals surface area (Å²) in [7, 11) is 0. The molecule has 0 bridgehead atoms. The zero-order valence-electron chi connectivity index (χ0n) is 14.5. The van der Waals surface area contributed by atoms with E-state index in [1.54, 1.807) is 0 Å². The predicted octanol–water partition coefficient (Wildman–Crippen LogP) is 3.46. The predicted molar refractivity (Wildman–Crippen MR) is 96.0 cm³/mol.